The Bertz CT molecular complexity index is 709. The molecular weight excluding hydrogens is 288 g/mol. The van der Waals surface area contributed by atoms with Gasteiger partial charge in [0, 0.05) is 6.42 Å². The van der Waals surface area contributed by atoms with Crippen LogP contribution in [-0.2, 0) is 0 Å². The number of carbonyl (C=O) groups is 2. The summed E-state index contributed by atoms with van der Waals surface area (Å²) in [5, 5.41) is 3.76. The van der Waals surface area contributed by atoms with Crippen LogP contribution in [0.4, 0.5) is 0 Å². The first-order chi connectivity index (χ1) is 10.3. The van der Waals surface area contributed by atoms with Crippen molar-refractivity contribution in [1.82, 2.24) is 0 Å². The third kappa shape index (κ3) is 2.87. The number of thiophene rings is 1. The molecule has 0 aliphatic carbocycles. The average molecular weight is 300 g/mol. The maximum atomic E-state index is 12.5. The molecule has 3 rings (SSSR count). The van der Waals surface area contributed by atoms with E-state index in [2.05, 4.69) is 0 Å². The largest absolute Gasteiger partial charge is 0.461 e. The van der Waals surface area contributed by atoms with Crippen LogP contribution >= 0.6 is 11.3 Å². The summed E-state index contributed by atoms with van der Waals surface area (Å²) < 4.78 is 10.3. The van der Waals surface area contributed by atoms with E-state index < -0.39 is 5.92 Å². The van der Waals surface area contributed by atoms with Crippen LogP contribution in [0.3, 0.4) is 0 Å². The van der Waals surface area contributed by atoms with Crippen molar-refractivity contribution in [3.8, 4) is 0 Å². The Morgan fingerprint density at radius 3 is 2.33 bits per heavy atom. The molecule has 0 bridgehead atoms. The van der Waals surface area contributed by atoms with E-state index in [1.54, 1.807) is 24.3 Å². The van der Waals surface area contributed by atoms with Crippen molar-refractivity contribution >= 4 is 22.9 Å². The van der Waals surface area contributed by atoms with Gasteiger partial charge in [0.15, 0.2) is 17.3 Å². The van der Waals surface area contributed by atoms with Gasteiger partial charge in [-0.25, -0.2) is 0 Å². The standard InChI is InChI=1S/C16H12O4S/c17-13(14-3-1-6-19-14)9-12(11-5-8-21-10-11)16(18)15-4-2-7-20-15/h1-8,10,12H,9H2. The van der Waals surface area contributed by atoms with Crippen molar-refractivity contribution in [3.05, 3.63) is 70.7 Å². The van der Waals surface area contributed by atoms with Crippen molar-refractivity contribution in [2.75, 3.05) is 0 Å². The molecule has 0 radical (unpaired) electrons. The number of hydrogen-bond donors (Lipinski definition) is 0. The third-order valence-corrected chi connectivity index (χ3v) is 3.91. The van der Waals surface area contributed by atoms with Crippen LogP contribution in [0.15, 0.2) is 62.5 Å². The smallest absolute Gasteiger partial charge is 0.205 e. The lowest BCUT2D eigenvalue weighted by Crippen LogP contribution is -2.16. The van der Waals surface area contributed by atoms with Gasteiger partial charge < -0.3 is 8.83 Å². The Balaban J connectivity index is 1.87. The molecule has 3 heterocycles. The molecule has 0 fully saturated rings. The molecule has 1 atom stereocenters. The molecule has 21 heavy (non-hydrogen) atoms. The van der Waals surface area contributed by atoms with Gasteiger partial charge in [0.05, 0.1) is 18.4 Å². The molecule has 5 heteroatoms. The highest BCUT2D eigenvalue weighted by molar-refractivity contribution is 7.08. The molecular formula is C16H12O4S. The Morgan fingerprint density at radius 1 is 1.05 bits per heavy atom. The molecule has 0 saturated heterocycles. The molecule has 0 N–H and O–H groups in total. The highest BCUT2D eigenvalue weighted by Gasteiger charge is 2.28. The van der Waals surface area contributed by atoms with Crippen molar-refractivity contribution in [2.24, 2.45) is 0 Å². The van der Waals surface area contributed by atoms with Gasteiger partial charge in [0.2, 0.25) is 5.78 Å². The van der Waals surface area contributed by atoms with Crippen molar-refractivity contribution in [2.45, 2.75) is 12.3 Å². The van der Waals surface area contributed by atoms with Crippen molar-refractivity contribution in [3.63, 3.8) is 0 Å². The van der Waals surface area contributed by atoms with E-state index >= 15 is 0 Å². The number of rotatable bonds is 6. The fraction of sp³-hybridized carbons (Fsp3) is 0.125. The van der Waals surface area contributed by atoms with E-state index in [4.69, 9.17) is 8.83 Å². The van der Waals surface area contributed by atoms with Crippen LogP contribution in [0, 0.1) is 0 Å². The molecule has 0 spiro atoms. The normalized spacial score (nSPS) is 12.2. The van der Waals surface area contributed by atoms with Crippen LogP contribution in [0.1, 0.15) is 39.0 Å². The molecule has 0 saturated carbocycles. The van der Waals surface area contributed by atoms with Gasteiger partial charge in [0.1, 0.15) is 0 Å². The van der Waals surface area contributed by atoms with E-state index in [-0.39, 0.29) is 29.5 Å². The van der Waals surface area contributed by atoms with Crippen LogP contribution in [0.5, 0.6) is 0 Å². The second kappa shape index (κ2) is 5.93. The fourth-order valence-electron chi connectivity index (χ4n) is 2.15. The number of ketones is 2. The lowest BCUT2D eigenvalue weighted by atomic mass is 9.90. The van der Waals surface area contributed by atoms with Gasteiger partial charge in [-0.2, -0.15) is 11.3 Å². The average Bonchev–Trinajstić information content (AvgIpc) is 3.27. The predicted molar refractivity (Wildman–Crippen MR) is 77.8 cm³/mol. The highest BCUT2D eigenvalue weighted by Crippen LogP contribution is 2.28. The van der Waals surface area contributed by atoms with Crippen molar-refractivity contribution < 1.29 is 18.4 Å². The summed E-state index contributed by atoms with van der Waals surface area (Å²) >= 11 is 1.49. The van der Waals surface area contributed by atoms with Gasteiger partial charge >= 0.3 is 0 Å². The van der Waals surface area contributed by atoms with Gasteiger partial charge in [-0.15, -0.1) is 0 Å². The summed E-state index contributed by atoms with van der Waals surface area (Å²) in [7, 11) is 0. The minimum Gasteiger partial charge on any atom is -0.461 e. The molecule has 4 nitrogen and oxygen atoms in total. The minimum atomic E-state index is -0.556. The summed E-state index contributed by atoms with van der Waals surface area (Å²) in [5.41, 5.74) is 0.821. The molecule has 0 amide bonds. The Kier molecular flexibility index (Phi) is 3.83. The fourth-order valence-corrected chi connectivity index (χ4v) is 2.86. The van der Waals surface area contributed by atoms with E-state index in [0.717, 1.165) is 5.56 Å². The summed E-state index contributed by atoms with van der Waals surface area (Å²) in [6, 6.07) is 8.38. The number of hydrogen-bond acceptors (Lipinski definition) is 5. The zero-order valence-corrected chi connectivity index (χ0v) is 11.8. The highest BCUT2D eigenvalue weighted by atomic mass is 32.1. The molecule has 106 valence electrons. The van der Waals surface area contributed by atoms with Crippen LogP contribution < -0.4 is 0 Å². The Hall–Kier alpha value is -2.40. The molecule has 0 aliphatic rings. The Labute approximate surface area is 125 Å². The second-order valence-electron chi connectivity index (χ2n) is 4.56. The summed E-state index contributed by atoms with van der Waals surface area (Å²) in [6.07, 6.45) is 2.96. The van der Waals surface area contributed by atoms with E-state index in [0.29, 0.717) is 0 Å². The maximum absolute atomic E-state index is 12.5. The van der Waals surface area contributed by atoms with Gasteiger partial charge in [-0.05, 0) is 46.7 Å². The number of carbonyl (C=O) groups excluding carboxylic acids is 2. The molecule has 3 aromatic rings. The van der Waals surface area contributed by atoms with Crippen LogP contribution in [0.25, 0.3) is 0 Å². The summed E-state index contributed by atoms with van der Waals surface area (Å²) in [4.78, 5) is 24.7. The van der Waals surface area contributed by atoms with E-state index in [1.807, 2.05) is 16.8 Å². The van der Waals surface area contributed by atoms with Gasteiger partial charge in [-0.1, -0.05) is 0 Å². The number of furan rings is 2. The summed E-state index contributed by atoms with van der Waals surface area (Å²) in [5.74, 6) is -0.421. The van der Waals surface area contributed by atoms with E-state index in [9.17, 15) is 9.59 Å². The lowest BCUT2D eigenvalue weighted by Gasteiger charge is -2.11. The monoisotopic (exact) mass is 300 g/mol. The Morgan fingerprint density at radius 2 is 1.76 bits per heavy atom. The van der Waals surface area contributed by atoms with Gasteiger partial charge in [0.25, 0.3) is 0 Å². The molecule has 1 unspecified atom stereocenters. The lowest BCUT2D eigenvalue weighted by molar-refractivity contribution is 0.0865. The first kappa shape index (κ1) is 13.6. The van der Waals surface area contributed by atoms with Crippen molar-refractivity contribution in [1.29, 1.82) is 0 Å². The molecule has 0 aliphatic heterocycles. The first-order valence-electron chi connectivity index (χ1n) is 6.42. The molecule has 0 aromatic carbocycles. The first-order valence-corrected chi connectivity index (χ1v) is 7.36. The quantitative estimate of drug-likeness (QED) is 0.641. The zero-order chi connectivity index (χ0) is 14.7. The zero-order valence-electron chi connectivity index (χ0n) is 11.0. The summed E-state index contributed by atoms with van der Waals surface area (Å²) in [6.45, 7) is 0. The maximum Gasteiger partial charge on any atom is 0.205 e. The van der Waals surface area contributed by atoms with Gasteiger partial charge in [-0.3, -0.25) is 9.59 Å². The van der Waals surface area contributed by atoms with Crippen LogP contribution in [-0.4, -0.2) is 11.6 Å². The topological polar surface area (TPSA) is 60.4 Å². The SMILES string of the molecule is O=C(CC(C(=O)c1ccco1)c1ccsc1)c1ccco1. The molecule has 3 aromatic heterocycles. The predicted octanol–water partition coefficient (Wildman–Crippen LogP) is 4.17. The second-order valence-corrected chi connectivity index (χ2v) is 5.34. The van der Waals surface area contributed by atoms with Crippen LogP contribution in [0.2, 0.25) is 0 Å². The van der Waals surface area contributed by atoms with E-state index in [1.165, 1.54) is 23.9 Å². The third-order valence-electron chi connectivity index (χ3n) is 3.21. The number of Topliss-reactive ketones (excluding diaryl/α,β-unsaturated/α-hetero) is 2. The minimum absolute atomic E-state index is 0.0593.